The quantitative estimate of drug-likeness (QED) is 0.873. The molecule has 0 unspecified atom stereocenters. The lowest BCUT2D eigenvalue weighted by Crippen LogP contribution is -2.13. The van der Waals surface area contributed by atoms with Gasteiger partial charge in [0, 0.05) is 13.2 Å². The van der Waals surface area contributed by atoms with Crippen molar-refractivity contribution in [3.8, 4) is 6.07 Å². The predicted molar refractivity (Wildman–Crippen MR) is 62.3 cm³/mol. The lowest BCUT2D eigenvalue weighted by atomic mass is 10.2. The zero-order chi connectivity index (χ0) is 13.1. The Labute approximate surface area is 102 Å². The summed E-state index contributed by atoms with van der Waals surface area (Å²) in [7, 11) is 1.73. The first-order chi connectivity index (χ1) is 8.61. The number of aryl methyl sites for hydroxylation is 1. The standard InChI is InChI=1S/C12H9FN4O/c1-17-6-11(15-7-17)12(18)16-10-4-2-3-9(13)8(10)5-14/h2-4,6-7H,1H3,(H,16,18). The summed E-state index contributed by atoms with van der Waals surface area (Å²) < 4.78 is 14.9. The minimum absolute atomic E-state index is 0.133. The van der Waals surface area contributed by atoms with Crippen molar-refractivity contribution in [2.45, 2.75) is 0 Å². The van der Waals surface area contributed by atoms with Crippen LogP contribution in [0.3, 0.4) is 0 Å². The third kappa shape index (κ3) is 2.20. The molecule has 0 spiro atoms. The fourth-order valence-electron chi connectivity index (χ4n) is 1.46. The third-order valence-corrected chi connectivity index (χ3v) is 2.31. The Morgan fingerprint density at radius 2 is 2.33 bits per heavy atom. The van der Waals surface area contributed by atoms with E-state index in [0.29, 0.717) is 0 Å². The summed E-state index contributed by atoms with van der Waals surface area (Å²) in [6, 6.07) is 5.75. The van der Waals surface area contributed by atoms with E-state index in [1.54, 1.807) is 17.7 Å². The lowest BCUT2D eigenvalue weighted by Gasteiger charge is -2.05. The van der Waals surface area contributed by atoms with E-state index in [1.807, 2.05) is 0 Å². The van der Waals surface area contributed by atoms with Gasteiger partial charge in [-0.25, -0.2) is 9.37 Å². The zero-order valence-corrected chi connectivity index (χ0v) is 9.51. The molecule has 1 heterocycles. The molecule has 2 rings (SSSR count). The van der Waals surface area contributed by atoms with Gasteiger partial charge in [0.1, 0.15) is 23.1 Å². The second-order valence-electron chi connectivity index (χ2n) is 3.65. The number of carbonyl (C=O) groups excluding carboxylic acids is 1. The fraction of sp³-hybridized carbons (Fsp3) is 0.0833. The molecular formula is C12H9FN4O. The van der Waals surface area contributed by atoms with Gasteiger partial charge in [-0.2, -0.15) is 5.26 Å². The topological polar surface area (TPSA) is 70.7 Å². The monoisotopic (exact) mass is 244 g/mol. The average Bonchev–Trinajstić information content (AvgIpc) is 2.76. The highest BCUT2D eigenvalue weighted by molar-refractivity contribution is 6.03. The van der Waals surface area contributed by atoms with Gasteiger partial charge in [-0.15, -0.1) is 0 Å². The molecule has 0 atom stereocenters. The first-order valence-electron chi connectivity index (χ1n) is 5.09. The Hall–Kier alpha value is -2.68. The molecule has 0 aliphatic heterocycles. The van der Waals surface area contributed by atoms with Crippen molar-refractivity contribution in [3.05, 3.63) is 47.8 Å². The average molecular weight is 244 g/mol. The second kappa shape index (κ2) is 4.67. The maximum absolute atomic E-state index is 13.3. The van der Waals surface area contributed by atoms with Crippen molar-refractivity contribution < 1.29 is 9.18 Å². The summed E-state index contributed by atoms with van der Waals surface area (Å²) in [4.78, 5) is 15.7. The van der Waals surface area contributed by atoms with Crippen LogP contribution in [0.4, 0.5) is 10.1 Å². The number of aromatic nitrogens is 2. The maximum atomic E-state index is 13.3. The fourth-order valence-corrected chi connectivity index (χ4v) is 1.46. The Bertz CT molecular complexity index is 642. The Morgan fingerprint density at radius 3 is 2.94 bits per heavy atom. The number of anilines is 1. The molecule has 0 fully saturated rings. The molecular weight excluding hydrogens is 235 g/mol. The Morgan fingerprint density at radius 1 is 1.56 bits per heavy atom. The molecule has 1 N–H and O–H groups in total. The van der Waals surface area contributed by atoms with Gasteiger partial charge in [-0.1, -0.05) is 6.07 Å². The lowest BCUT2D eigenvalue weighted by molar-refractivity contribution is 0.102. The van der Waals surface area contributed by atoms with E-state index in [2.05, 4.69) is 10.3 Å². The molecule has 0 aliphatic carbocycles. The number of amides is 1. The molecule has 0 bridgehead atoms. The SMILES string of the molecule is Cn1cnc(C(=O)Nc2cccc(F)c2C#N)c1. The molecule has 0 saturated heterocycles. The van der Waals surface area contributed by atoms with Gasteiger partial charge in [-0.3, -0.25) is 4.79 Å². The number of nitrogens with one attached hydrogen (secondary N) is 1. The van der Waals surface area contributed by atoms with E-state index in [-0.39, 0.29) is 16.9 Å². The van der Waals surface area contributed by atoms with Gasteiger partial charge in [0.15, 0.2) is 0 Å². The molecule has 1 amide bonds. The Balaban J connectivity index is 2.28. The molecule has 6 heteroatoms. The normalized spacial score (nSPS) is 9.83. The van der Waals surface area contributed by atoms with Crippen molar-refractivity contribution in [1.29, 1.82) is 5.26 Å². The second-order valence-corrected chi connectivity index (χ2v) is 3.65. The van der Waals surface area contributed by atoms with E-state index in [1.165, 1.54) is 24.7 Å². The van der Waals surface area contributed by atoms with Crippen LogP contribution in [-0.4, -0.2) is 15.5 Å². The number of imidazole rings is 1. The van der Waals surface area contributed by atoms with Crippen molar-refractivity contribution in [3.63, 3.8) is 0 Å². The van der Waals surface area contributed by atoms with Crippen LogP contribution in [0.2, 0.25) is 0 Å². The molecule has 0 radical (unpaired) electrons. The molecule has 0 aliphatic rings. The number of nitriles is 1. The number of carbonyl (C=O) groups is 1. The molecule has 2 aromatic rings. The summed E-state index contributed by atoms with van der Waals surface area (Å²) >= 11 is 0. The first kappa shape index (κ1) is 11.8. The number of hydrogen-bond acceptors (Lipinski definition) is 3. The largest absolute Gasteiger partial charge is 0.340 e. The minimum atomic E-state index is -0.670. The van der Waals surface area contributed by atoms with Crippen LogP contribution in [0.1, 0.15) is 16.1 Å². The first-order valence-corrected chi connectivity index (χ1v) is 5.09. The van der Waals surface area contributed by atoms with Crippen molar-refractivity contribution in [2.75, 3.05) is 5.32 Å². The summed E-state index contributed by atoms with van der Waals surface area (Å²) in [5.74, 6) is -1.16. The van der Waals surface area contributed by atoms with E-state index in [9.17, 15) is 9.18 Å². The molecule has 1 aromatic heterocycles. The van der Waals surface area contributed by atoms with E-state index >= 15 is 0 Å². The van der Waals surface area contributed by atoms with E-state index in [4.69, 9.17) is 5.26 Å². The van der Waals surface area contributed by atoms with Gasteiger partial charge in [0.25, 0.3) is 5.91 Å². The van der Waals surface area contributed by atoms with Crippen LogP contribution in [-0.2, 0) is 7.05 Å². The molecule has 5 nitrogen and oxygen atoms in total. The van der Waals surface area contributed by atoms with Gasteiger partial charge in [-0.05, 0) is 12.1 Å². The number of benzene rings is 1. The molecule has 90 valence electrons. The minimum Gasteiger partial charge on any atom is -0.340 e. The van der Waals surface area contributed by atoms with E-state index in [0.717, 1.165) is 6.07 Å². The van der Waals surface area contributed by atoms with Crippen molar-refractivity contribution in [2.24, 2.45) is 7.05 Å². The number of rotatable bonds is 2. The molecule has 0 saturated carbocycles. The smallest absolute Gasteiger partial charge is 0.275 e. The number of hydrogen-bond donors (Lipinski definition) is 1. The van der Waals surface area contributed by atoms with Gasteiger partial charge >= 0.3 is 0 Å². The number of halogens is 1. The highest BCUT2D eigenvalue weighted by Gasteiger charge is 2.13. The van der Waals surface area contributed by atoms with Crippen LogP contribution in [0.15, 0.2) is 30.7 Å². The zero-order valence-electron chi connectivity index (χ0n) is 9.51. The summed E-state index contributed by atoms with van der Waals surface area (Å²) in [6.45, 7) is 0. The summed E-state index contributed by atoms with van der Waals surface area (Å²) in [6.07, 6.45) is 3.01. The van der Waals surface area contributed by atoms with Crippen LogP contribution in [0.5, 0.6) is 0 Å². The third-order valence-electron chi connectivity index (χ3n) is 2.31. The number of nitrogens with zero attached hydrogens (tertiary/aromatic N) is 3. The highest BCUT2D eigenvalue weighted by Crippen LogP contribution is 2.18. The van der Waals surface area contributed by atoms with Crippen LogP contribution in [0.25, 0.3) is 0 Å². The van der Waals surface area contributed by atoms with E-state index < -0.39 is 11.7 Å². The molecule has 18 heavy (non-hydrogen) atoms. The highest BCUT2D eigenvalue weighted by atomic mass is 19.1. The van der Waals surface area contributed by atoms with Crippen molar-refractivity contribution in [1.82, 2.24) is 9.55 Å². The Kier molecular flexibility index (Phi) is 3.06. The van der Waals surface area contributed by atoms with Gasteiger partial charge < -0.3 is 9.88 Å². The maximum Gasteiger partial charge on any atom is 0.275 e. The van der Waals surface area contributed by atoms with Gasteiger partial charge in [0.2, 0.25) is 0 Å². The van der Waals surface area contributed by atoms with Gasteiger partial charge in [0.05, 0.1) is 12.0 Å². The van der Waals surface area contributed by atoms with Crippen molar-refractivity contribution >= 4 is 11.6 Å². The summed E-state index contributed by atoms with van der Waals surface area (Å²) in [5, 5.41) is 11.3. The van der Waals surface area contributed by atoms with Crippen LogP contribution < -0.4 is 5.32 Å². The predicted octanol–water partition coefficient (Wildman–Crippen LogP) is 1.68. The molecule has 1 aromatic carbocycles. The van der Waals surface area contributed by atoms with Crippen LogP contribution in [0, 0.1) is 17.1 Å². The summed E-state index contributed by atoms with van der Waals surface area (Å²) in [5.41, 5.74) is 0.139. The van der Waals surface area contributed by atoms with Crippen LogP contribution >= 0.6 is 0 Å².